The van der Waals surface area contributed by atoms with Crippen LogP contribution in [0.4, 0.5) is 4.39 Å². The number of halogens is 1. The van der Waals surface area contributed by atoms with Crippen LogP contribution in [0.25, 0.3) is 11.0 Å². The molecule has 0 fully saturated rings. The van der Waals surface area contributed by atoms with Crippen LogP contribution < -0.4 is 0 Å². The summed E-state index contributed by atoms with van der Waals surface area (Å²) in [5, 5.41) is 10.3. The number of H-pyrrole nitrogens is 1. The molecule has 1 aromatic heterocycles. The Morgan fingerprint density at radius 1 is 0.939 bits per heavy atom. The molecule has 0 saturated carbocycles. The van der Waals surface area contributed by atoms with Crippen LogP contribution in [0.5, 0.6) is 0 Å². The number of Topliss-reactive ketones (excluding diaryl/α,β-unsaturated/α-hetero) is 3. The molecule has 2 atom stereocenters. The molecule has 0 radical (unpaired) electrons. The number of imidazole rings is 1. The molecule has 0 spiro atoms. The smallest absolute Gasteiger partial charge is 0.181 e. The molecule has 0 saturated heterocycles. The van der Waals surface area contributed by atoms with Crippen molar-refractivity contribution in [3.63, 3.8) is 0 Å². The van der Waals surface area contributed by atoms with Gasteiger partial charge in [0.2, 0.25) is 0 Å². The number of ketones is 3. The number of benzene rings is 3. The number of aliphatic hydroxyl groups excluding tert-OH is 1. The van der Waals surface area contributed by atoms with Gasteiger partial charge in [-0.25, -0.2) is 9.37 Å². The molecule has 0 aliphatic heterocycles. The number of carbonyl (C=O) groups is 3. The molecule has 33 heavy (non-hydrogen) atoms. The highest BCUT2D eigenvalue weighted by Crippen LogP contribution is 2.28. The lowest BCUT2D eigenvalue weighted by atomic mass is 9.88. The second-order valence-electron chi connectivity index (χ2n) is 7.86. The van der Waals surface area contributed by atoms with Crippen molar-refractivity contribution in [2.75, 3.05) is 0 Å². The van der Waals surface area contributed by atoms with Crippen LogP contribution in [0.2, 0.25) is 0 Å². The lowest BCUT2D eigenvalue weighted by Gasteiger charge is -2.15. The molecular weight excluding hydrogens is 423 g/mol. The molecule has 1 heterocycles. The zero-order valence-corrected chi connectivity index (χ0v) is 17.8. The van der Waals surface area contributed by atoms with Crippen molar-refractivity contribution in [3.05, 3.63) is 101 Å². The molecule has 0 amide bonds. The van der Waals surface area contributed by atoms with Crippen molar-refractivity contribution in [2.45, 2.75) is 25.4 Å². The van der Waals surface area contributed by atoms with Gasteiger partial charge in [0.25, 0.3) is 0 Å². The fraction of sp³-hybridized carbons (Fsp3) is 0.154. The Bertz CT molecular complexity index is 1330. The molecule has 0 aliphatic carbocycles. The van der Waals surface area contributed by atoms with E-state index in [1.165, 1.54) is 37.3 Å². The van der Waals surface area contributed by atoms with Gasteiger partial charge in [-0.05, 0) is 42.8 Å². The van der Waals surface area contributed by atoms with E-state index in [9.17, 15) is 23.9 Å². The van der Waals surface area contributed by atoms with Gasteiger partial charge < -0.3 is 10.1 Å². The van der Waals surface area contributed by atoms with Crippen molar-refractivity contribution in [1.82, 2.24) is 9.97 Å². The maximum absolute atomic E-state index is 13.8. The first kappa shape index (κ1) is 22.2. The number of aromatic nitrogens is 2. The summed E-state index contributed by atoms with van der Waals surface area (Å²) in [5.74, 6) is -3.15. The summed E-state index contributed by atoms with van der Waals surface area (Å²) < 4.78 is 13.8. The Morgan fingerprint density at radius 2 is 1.61 bits per heavy atom. The molecule has 3 aromatic carbocycles. The first-order valence-corrected chi connectivity index (χ1v) is 10.4. The number of aromatic amines is 1. The lowest BCUT2D eigenvalue weighted by molar-refractivity contribution is -0.118. The third kappa shape index (κ3) is 4.78. The van der Waals surface area contributed by atoms with E-state index in [2.05, 4.69) is 9.97 Å². The number of fused-ring (bicyclic) bond motifs is 1. The van der Waals surface area contributed by atoms with Gasteiger partial charge in [-0.15, -0.1) is 0 Å². The fourth-order valence-corrected chi connectivity index (χ4v) is 3.74. The summed E-state index contributed by atoms with van der Waals surface area (Å²) in [6.45, 7) is 1.37. The Morgan fingerprint density at radius 3 is 2.27 bits per heavy atom. The van der Waals surface area contributed by atoms with Crippen molar-refractivity contribution >= 4 is 28.4 Å². The van der Waals surface area contributed by atoms with Gasteiger partial charge in [-0.3, -0.25) is 14.4 Å². The third-order valence-electron chi connectivity index (χ3n) is 5.35. The summed E-state index contributed by atoms with van der Waals surface area (Å²) >= 11 is 0. The maximum Gasteiger partial charge on any atom is 0.181 e. The number of para-hydroxylation sites is 2. The second-order valence-corrected chi connectivity index (χ2v) is 7.86. The largest absolute Gasteiger partial charge is 0.388 e. The summed E-state index contributed by atoms with van der Waals surface area (Å²) in [6, 6.07) is 18.4. The first-order valence-electron chi connectivity index (χ1n) is 10.4. The number of aliphatic hydroxyl groups is 1. The monoisotopic (exact) mass is 444 g/mol. The van der Waals surface area contributed by atoms with Gasteiger partial charge in [0.05, 0.1) is 17.1 Å². The lowest BCUT2D eigenvalue weighted by Crippen LogP contribution is -2.24. The van der Waals surface area contributed by atoms with E-state index >= 15 is 0 Å². The molecule has 2 N–H and O–H groups in total. The van der Waals surface area contributed by atoms with Gasteiger partial charge in [0, 0.05) is 17.5 Å². The second kappa shape index (κ2) is 9.26. The van der Waals surface area contributed by atoms with Crippen LogP contribution >= 0.6 is 0 Å². The van der Waals surface area contributed by atoms with Gasteiger partial charge in [0.15, 0.2) is 11.6 Å². The predicted molar refractivity (Wildman–Crippen MR) is 121 cm³/mol. The predicted octanol–water partition coefficient (Wildman–Crippen LogP) is 4.56. The minimum absolute atomic E-state index is 0.0431. The summed E-state index contributed by atoms with van der Waals surface area (Å²) in [4.78, 5) is 45.9. The highest BCUT2D eigenvalue weighted by Gasteiger charge is 2.33. The highest BCUT2D eigenvalue weighted by atomic mass is 19.1. The minimum atomic E-state index is -1.35. The standard InChI is InChI=1S/C26H21FN2O4/c1-15(30)12-22(31)16-6-4-7-17(13-16)24(32)23(25(33)18-8-5-9-19(27)14-18)26-28-20-10-2-3-11-21(20)29-26/h2-11,13-14,22-23,31H,12H2,1H3,(H,28,29). The first-order chi connectivity index (χ1) is 15.8. The number of nitrogens with zero attached hydrogens (tertiary/aromatic N) is 1. The summed E-state index contributed by atoms with van der Waals surface area (Å²) in [5.41, 5.74) is 1.84. The average Bonchev–Trinajstić information content (AvgIpc) is 3.22. The third-order valence-corrected chi connectivity index (χ3v) is 5.35. The van der Waals surface area contributed by atoms with Gasteiger partial charge in [0.1, 0.15) is 23.3 Å². The van der Waals surface area contributed by atoms with E-state index in [4.69, 9.17) is 0 Å². The topological polar surface area (TPSA) is 100 Å². The average molecular weight is 444 g/mol. The fourth-order valence-electron chi connectivity index (χ4n) is 3.74. The van der Waals surface area contributed by atoms with Gasteiger partial charge in [-0.1, -0.05) is 42.5 Å². The normalized spacial score (nSPS) is 12.9. The van der Waals surface area contributed by atoms with Crippen molar-refractivity contribution in [3.8, 4) is 0 Å². The number of nitrogens with one attached hydrogen (secondary N) is 1. The van der Waals surface area contributed by atoms with Crippen LogP contribution in [-0.2, 0) is 4.79 Å². The van der Waals surface area contributed by atoms with E-state index < -0.39 is 29.4 Å². The molecule has 166 valence electrons. The molecular formula is C26H21FN2O4. The molecule has 4 aromatic rings. The Hall–Kier alpha value is -3.97. The molecule has 0 aliphatic rings. The van der Waals surface area contributed by atoms with Crippen molar-refractivity contribution in [1.29, 1.82) is 0 Å². The summed E-state index contributed by atoms with van der Waals surface area (Å²) in [7, 11) is 0. The van der Waals surface area contributed by atoms with Crippen LogP contribution in [0.1, 0.15) is 57.5 Å². The van der Waals surface area contributed by atoms with Crippen LogP contribution in [0.3, 0.4) is 0 Å². The van der Waals surface area contributed by atoms with E-state index in [1.807, 2.05) is 0 Å². The Balaban J connectivity index is 1.78. The van der Waals surface area contributed by atoms with Crippen LogP contribution in [-0.4, -0.2) is 32.4 Å². The van der Waals surface area contributed by atoms with Gasteiger partial charge in [-0.2, -0.15) is 0 Å². The number of hydrogen-bond acceptors (Lipinski definition) is 5. The summed E-state index contributed by atoms with van der Waals surface area (Å²) in [6.07, 6.45) is -1.16. The van der Waals surface area contributed by atoms with Crippen LogP contribution in [0.15, 0.2) is 72.8 Å². The van der Waals surface area contributed by atoms with Gasteiger partial charge >= 0.3 is 0 Å². The van der Waals surface area contributed by atoms with Crippen molar-refractivity contribution in [2.24, 2.45) is 0 Å². The maximum atomic E-state index is 13.8. The quantitative estimate of drug-likeness (QED) is 0.306. The highest BCUT2D eigenvalue weighted by molar-refractivity contribution is 6.19. The zero-order valence-electron chi connectivity index (χ0n) is 17.8. The van der Waals surface area contributed by atoms with Crippen molar-refractivity contribution < 1.29 is 23.9 Å². The Labute approximate surface area is 189 Å². The molecule has 7 heteroatoms. The minimum Gasteiger partial charge on any atom is -0.388 e. The SMILES string of the molecule is CC(=O)CC(O)c1cccc(C(=O)C(C(=O)c2cccc(F)c2)c2nc3ccccc3[nH]2)c1. The number of hydrogen-bond donors (Lipinski definition) is 2. The number of carbonyl (C=O) groups excluding carboxylic acids is 3. The zero-order chi connectivity index (χ0) is 23.5. The Kier molecular flexibility index (Phi) is 6.24. The molecule has 4 rings (SSSR count). The molecule has 0 bridgehead atoms. The van der Waals surface area contributed by atoms with Crippen LogP contribution in [0, 0.1) is 5.82 Å². The van der Waals surface area contributed by atoms with E-state index in [0.29, 0.717) is 16.6 Å². The number of rotatable bonds is 8. The van der Waals surface area contributed by atoms with E-state index in [1.54, 1.807) is 36.4 Å². The molecule has 2 unspecified atom stereocenters. The van der Waals surface area contributed by atoms with E-state index in [0.717, 1.165) is 6.07 Å². The van der Waals surface area contributed by atoms with E-state index in [-0.39, 0.29) is 29.2 Å². The molecule has 6 nitrogen and oxygen atoms in total.